The van der Waals surface area contributed by atoms with Gasteiger partial charge in [0.1, 0.15) is 0 Å². The van der Waals surface area contributed by atoms with Crippen molar-refractivity contribution in [3.8, 4) is 0 Å². The number of hydrogen-bond acceptors (Lipinski definition) is 2. The van der Waals surface area contributed by atoms with Gasteiger partial charge in [-0.1, -0.05) is 37.5 Å². The molecule has 0 aliphatic heterocycles. The van der Waals surface area contributed by atoms with E-state index in [4.69, 9.17) is 5.11 Å². The second-order valence-electron chi connectivity index (χ2n) is 5.44. The summed E-state index contributed by atoms with van der Waals surface area (Å²) in [6.07, 6.45) is 5.88. The first-order chi connectivity index (χ1) is 9.59. The molecule has 20 heavy (non-hydrogen) atoms. The number of hydrogen-bond donors (Lipinski definition) is 1. The highest BCUT2D eigenvalue weighted by molar-refractivity contribution is 5.91. The highest BCUT2D eigenvalue weighted by atomic mass is 16.4. The van der Waals surface area contributed by atoms with Crippen LogP contribution in [0.1, 0.15) is 48.0 Å². The molecule has 0 heterocycles. The summed E-state index contributed by atoms with van der Waals surface area (Å²) < 4.78 is 0. The summed E-state index contributed by atoms with van der Waals surface area (Å²) in [7, 11) is 1.84. The van der Waals surface area contributed by atoms with Gasteiger partial charge in [-0.15, -0.1) is 0 Å². The Hall–Kier alpha value is -1.84. The van der Waals surface area contributed by atoms with Crippen LogP contribution in [0.5, 0.6) is 0 Å². The fraction of sp³-hybridized carbons (Fsp3) is 0.500. The minimum absolute atomic E-state index is 0.00519. The molecule has 2 rings (SSSR count). The summed E-state index contributed by atoms with van der Waals surface area (Å²) in [5.41, 5.74) is 0.811. The molecule has 0 atom stereocenters. The summed E-state index contributed by atoms with van der Waals surface area (Å²) in [5.74, 6) is -0.973. The van der Waals surface area contributed by atoms with Gasteiger partial charge in [0, 0.05) is 13.1 Å². The first kappa shape index (κ1) is 14.6. The summed E-state index contributed by atoms with van der Waals surface area (Å²) >= 11 is 0. The Morgan fingerprint density at radius 3 is 2.50 bits per heavy atom. The van der Waals surface area contributed by atoms with Crippen molar-refractivity contribution in [1.82, 2.24) is 4.90 Å². The zero-order valence-electron chi connectivity index (χ0n) is 11.8. The van der Waals surface area contributed by atoms with Crippen LogP contribution >= 0.6 is 0 Å². The van der Waals surface area contributed by atoms with Gasteiger partial charge in [-0.2, -0.15) is 0 Å². The van der Waals surface area contributed by atoms with Gasteiger partial charge in [-0.05, 0) is 24.5 Å². The van der Waals surface area contributed by atoms with Crippen molar-refractivity contribution in [2.24, 2.45) is 0 Å². The van der Waals surface area contributed by atoms with E-state index >= 15 is 0 Å². The van der Waals surface area contributed by atoms with E-state index in [1.54, 1.807) is 29.2 Å². The number of carbonyl (C=O) groups is 2. The zero-order valence-corrected chi connectivity index (χ0v) is 11.8. The van der Waals surface area contributed by atoms with Crippen LogP contribution in [0, 0.1) is 0 Å². The molecule has 108 valence electrons. The Morgan fingerprint density at radius 2 is 1.85 bits per heavy atom. The van der Waals surface area contributed by atoms with E-state index in [0.717, 1.165) is 12.8 Å². The molecular formula is C16H21NO3. The molecule has 1 fully saturated rings. The quantitative estimate of drug-likeness (QED) is 0.919. The molecule has 0 radical (unpaired) electrons. The lowest BCUT2D eigenvalue weighted by Crippen LogP contribution is -2.39. The highest BCUT2D eigenvalue weighted by Crippen LogP contribution is 2.22. The third kappa shape index (κ3) is 3.38. The molecule has 0 aromatic heterocycles. The van der Waals surface area contributed by atoms with E-state index in [1.807, 2.05) is 7.05 Å². The molecule has 0 unspecified atom stereocenters. The Kier molecular flexibility index (Phi) is 4.77. The van der Waals surface area contributed by atoms with Crippen LogP contribution in [-0.2, 0) is 11.2 Å². The summed E-state index contributed by atoms with van der Waals surface area (Å²) in [5, 5.41) is 9.14. The molecular weight excluding hydrogens is 254 g/mol. The summed E-state index contributed by atoms with van der Waals surface area (Å²) in [6, 6.07) is 7.03. The first-order valence-corrected chi connectivity index (χ1v) is 7.16. The number of amides is 1. The number of nitrogens with zero attached hydrogens (tertiary/aromatic N) is 1. The van der Waals surface area contributed by atoms with Crippen LogP contribution in [-0.4, -0.2) is 35.0 Å². The van der Waals surface area contributed by atoms with Crippen molar-refractivity contribution in [2.75, 3.05) is 7.05 Å². The van der Waals surface area contributed by atoms with Gasteiger partial charge < -0.3 is 10.0 Å². The minimum atomic E-state index is -0.978. The molecule has 1 aliphatic rings. The average Bonchev–Trinajstić information content (AvgIpc) is 2.47. The van der Waals surface area contributed by atoms with Gasteiger partial charge in [-0.25, -0.2) is 4.79 Å². The molecule has 1 aromatic rings. The summed E-state index contributed by atoms with van der Waals surface area (Å²) in [4.78, 5) is 25.3. The standard InChI is InChI=1S/C16H21NO3/c1-17(13-8-3-2-4-9-13)15(18)11-12-7-5-6-10-14(12)16(19)20/h5-7,10,13H,2-4,8-9,11H2,1H3,(H,19,20). The van der Waals surface area contributed by atoms with Crippen LogP contribution in [0.2, 0.25) is 0 Å². The van der Waals surface area contributed by atoms with Gasteiger partial charge in [0.15, 0.2) is 0 Å². The maximum absolute atomic E-state index is 12.3. The van der Waals surface area contributed by atoms with Crippen molar-refractivity contribution in [2.45, 2.75) is 44.6 Å². The predicted octanol–water partition coefficient (Wildman–Crippen LogP) is 2.72. The summed E-state index contributed by atoms with van der Waals surface area (Å²) in [6.45, 7) is 0. The number of aromatic carboxylic acids is 1. The Balaban J connectivity index is 2.05. The molecule has 1 amide bonds. The zero-order chi connectivity index (χ0) is 14.5. The number of rotatable bonds is 4. The second kappa shape index (κ2) is 6.55. The molecule has 0 spiro atoms. The monoisotopic (exact) mass is 275 g/mol. The van der Waals surface area contributed by atoms with Gasteiger partial charge >= 0.3 is 5.97 Å². The van der Waals surface area contributed by atoms with Crippen molar-refractivity contribution in [1.29, 1.82) is 0 Å². The number of carboxylic acids is 1. The van der Waals surface area contributed by atoms with E-state index in [-0.39, 0.29) is 17.9 Å². The SMILES string of the molecule is CN(C(=O)Cc1ccccc1C(=O)O)C1CCCCC1. The molecule has 1 N–H and O–H groups in total. The van der Waals surface area contributed by atoms with Gasteiger partial charge in [0.05, 0.1) is 12.0 Å². The largest absolute Gasteiger partial charge is 0.478 e. The minimum Gasteiger partial charge on any atom is -0.478 e. The van der Waals surface area contributed by atoms with Crippen molar-refractivity contribution in [3.05, 3.63) is 35.4 Å². The van der Waals surface area contributed by atoms with Crippen molar-refractivity contribution >= 4 is 11.9 Å². The van der Waals surface area contributed by atoms with E-state index < -0.39 is 5.97 Å². The van der Waals surface area contributed by atoms with E-state index in [1.165, 1.54) is 19.3 Å². The smallest absolute Gasteiger partial charge is 0.335 e. The van der Waals surface area contributed by atoms with E-state index in [9.17, 15) is 9.59 Å². The molecule has 4 nitrogen and oxygen atoms in total. The Labute approximate surface area is 119 Å². The number of benzene rings is 1. The fourth-order valence-corrected chi connectivity index (χ4v) is 2.84. The first-order valence-electron chi connectivity index (χ1n) is 7.16. The maximum Gasteiger partial charge on any atom is 0.335 e. The van der Waals surface area contributed by atoms with Crippen LogP contribution in [0.25, 0.3) is 0 Å². The molecule has 1 aliphatic carbocycles. The van der Waals surface area contributed by atoms with E-state index in [0.29, 0.717) is 11.6 Å². The normalized spacial score (nSPS) is 15.8. The van der Waals surface area contributed by atoms with Gasteiger partial charge in [0.25, 0.3) is 0 Å². The van der Waals surface area contributed by atoms with Crippen LogP contribution in [0.15, 0.2) is 24.3 Å². The lowest BCUT2D eigenvalue weighted by Gasteiger charge is -2.31. The lowest BCUT2D eigenvalue weighted by molar-refractivity contribution is -0.131. The molecule has 4 heteroatoms. The number of carboxylic acid groups (broad SMARTS) is 1. The van der Waals surface area contributed by atoms with Crippen LogP contribution < -0.4 is 0 Å². The van der Waals surface area contributed by atoms with Gasteiger partial charge in [0.2, 0.25) is 5.91 Å². The van der Waals surface area contributed by atoms with Gasteiger partial charge in [-0.3, -0.25) is 4.79 Å². The van der Waals surface area contributed by atoms with Crippen LogP contribution in [0.3, 0.4) is 0 Å². The average molecular weight is 275 g/mol. The Bertz CT molecular complexity index is 492. The fourth-order valence-electron chi connectivity index (χ4n) is 2.84. The van der Waals surface area contributed by atoms with E-state index in [2.05, 4.69) is 0 Å². The second-order valence-corrected chi connectivity index (χ2v) is 5.44. The molecule has 0 bridgehead atoms. The molecule has 1 saturated carbocycles. The third-order valence-electron chi connectivity index (χ3n) is 4.11. The Morgan fingerprint density at radius 1 is 1.20 bits per heavy atom. The molecule has 1 aromatic carbocycles. The highest BCUT2D eigenvalue weighted by Gasteiger charge is 2.23. The van der Waals surface area contributed by atoms with Crippen LogP contribution in [0.4, 0.5) is 0 Å². The van der Waals surface area contributed by atoms with Crippen molar-refractivity contribution in [3.63, 3.8) is 0 Å². The lowest BCUT2D eigenvalue weighted by atomic mass is 9.94. The number of carbonyl (C=O) groups excluding carboxylic acids is 1. The predicted molar refractivity (Wildman–Crippen MR) is 76.7 cm³/mol. The number of likely N-dealkylation sites (N-methyl/N-ethyl adjacent to an activating group) is 1. The maximum atomic E-state index is 12.3. The third-order valence-corrected chi connectivity index (χ3v) is 4.11. The molecule has 0 saturated heterocycles. The topological polar surface area (TPSA) is 57.6 Å². The van der Waals surface area contributed by atoms with Crippen molar-refractivity contribution < 1.29 is 14.7 Å².